The molecule has 0 saturated heterocycles. The van der Waals surface area contributed by atoms with Crippen molar-refractivity contribution in [3.05, 3.63) is 44.4 Å². The highest BCUT2D eigenvalue weighted by atomic mass is 32.2. The number of nitro benzene ring substituents is 1. The topological polar surface area (TPSA) is 123 Å². The first-order chi connectivity index (χ1) is 12.2. The highest BCUT2D eigenvalue weighted by Crippen LogP contribution is 2.32. The van der Waals surface area contributed by atoms with E-state index in [2.05, 4.69) is 10.3 Å². The van der Waals surface area contributed by atoms with Gasteiger partial charge in [-0.25, -0.2) is 13.4 Å². The average molecular weight is 396 g/mol. The van der Waals surface area contributed by atoms with E-state index in [1.54, 1.807) is 6.92 Å². The van der Waals surface area contributed by atoms with E-state index in [9.17, 15) is 23.3 Å². The lowest BCUT2D eigenvalue weighted by Gasteiger charge is -2.25. The van der Waals surface area contributed by atoms with Gasteiger partial charge in [0.05, 0.1) is 22.1 Å². The van der Waals surface area contributed by atoms with Gasteiger partial charge in [0.1, 0.15) is 0 Å². The first-order valence-corrected chi connectivity index (χ1v) is 9.95. The molecule has 0 saturated carbocycles. The van der Waals surface area contributed by atoms with Crippen molar-refractivity contribution in [2.24, 2.45) is 0 Å². The van der Waals surface area contributed by atoms with Crippen molar-refractivity contribution < 1.29 is 18.1 Å². The number of thiazole rings is 1. The third kappa shape index (κ3) is 3.45. The van der Waals surface area contributed by atoms with Crippen LogP contribution < -0.4 is 5.32 Å². The molecule has 9 nitrogen and oxygen atoms in total. The van der Waals surface area contributed by atoms with Crippen LogP contribution in [0, 0.1) is 17.0 Å². The third-order valence-electron chi connectivity index (χ3n) is 3.98. The second-order valence-electron chi connectivity index (χ2n) is 5.87. The third-order valence-corrected chi connectivity index (χ3v) is 6.96. The molecule has 0 fully saturated rings. The van der Waals surface area contributed by atoms with Crippen LogP contribution in [0.1, 0.15) is 23.1 Å². The van der Waals surface area contributed by atoms with Crippen molar-refractivity contribution >= 4 is 38.1 Å². The van der Waals surface area contributed by atoms with Crippen LogP contribution in [0.3, 0.4) is 0 Å². The highest BCUT2D eigenvalue weighted by Gasteiger charge is 2.32. The molecule has 11 heteroatoms. The molecule has 1 aliphatic heterocycles. The zero-order chi connectivity index (χ0) is 19.1. The van der Waals surface area contributed by atoms with Gasteiger partial charge in [-0.1, -0.05) is 6.07 Å². The molecule has 26 heavy (non-hydrogen) atoms. The molecule has 0 unspecified atom stereocenters. The molecule has 0 bridgehead atoms. The van der Waals surface area contributed by atoms with Crippen LogP contribution in [0.25, 0.3) is 0 Å². The van der Waals surface area contributed by atoms with E-state index in [1.807, 2.05) is 0 Å². The van der Waals surface area contributed by atoms with Gasteiger partial charge in [0.15, 0.2) is 5.13 Å². The molecule has 1 aromatic carbocycles. The van der Waals surface area contributed by atoms with E-state index in [-0.39, 0.29) is 29.6 Å². The van der Waals surface area contributed by atoms with Crippen molar-refractivity contribution in [3.8, 4) is 0 Å². The van der Waals surface area contributed by atoms with Crippen molar-refractivity contribution in [1.29, 1.82) is 0 Å². The number of nitrogens with one attached hydrogen (secondary N) is 1. The van der Waals surface area contributed by atoms with Gasteiger partial charge in [0, 0.05) is 36.9 Å². The van der Waals surface area contributed by atoms with Gasteiger partial charge in [-0.15, -0.1) is 11.3 Å². The molecule has 1 aromatic heterocycles. The first kappa shape index (κ1) is 18.4. The van der Waals surface area contributed by atoms with E-state index < -0.39 is 14.9 Å². The molecule has 1 N–H and O–H groups in total. The van der Waals surface area contributed by atoms with Crippen molar-refractivity contribution in [2.75, 3.05) is 11.9 Å². The Balaban J connectivity index is 1.92. The maximum absolute atomic E-state index is 13.0. The minimum Gasteiger partial charge on any atom is -0.302 e. The van der Waals surface area contributed by atoms with Crippen LogP contribution in [-0.2, 0) is 27.8 Å². The number of rotatable bonds is 4. The lowest BCUT2D eigenvalue weighted by molar-refractivity contribution is -0.385. The van der Waals surface area contributed by atoms with E-state index in [0.29, 0.717) is 17.1 Å². The normalized spacial score (nSPS) is 14.7. The zero-order valence-corrected chi connectivity index (χ0v) is 15.7. The summed E-state index contributed by atoms with van der Waals surface area (Å²) in [5.74, 6) is -0.243. The summed E-state index contributed by atoms with van der Waals surface area (Å²) in [6.07, 6.45) is 0.415. The van der Waals surface area contributed by atoms with Gasteiger partial charge in [0.2, 0.25) is 15.9 Å². The SMILES string of the molecule is CC(=O)Nc1nc2c(s1)CN(S(=O)(=O)c1cc([N+](=O)[O-])ccc1C)CC2. The smallest absolute Gasteiger partial charge is 0.270 e. The predicted octanol–water partition coefficient (Wildman–Crippen LogP) is 2.07. The Morgan fingerprint density at radius 2 is 2.15 bits per heavy atom. The van der Waals surface area contributed by atoms with E-state index in [0.717, 1.165) is 16.6 Å². The fraction of sp³-hybridized carbons (Fsp3) is 0.333. The standard InChI is InChI=1S/C15H16N4O5S2/c1-9-3-4-11(19(21)22)7-14(9)26(23,24)18-6-5-12-13(8-18)25-15(17-12)16-10(2)20/h3-4,7H,5-6,8H2,1-2H3,(H,16,17,20). The summed E-state index contributed by atoms with van der Waals surface area (Å²) in [5, 5.41) is 14.0. The maximum Gasteiger partial charge on any atom is 0.270 e. The number of hydrogen-bond donors (Lipinski definition) is 1. The van der Waals surface area contributed by atoms with Crippen LogP contribution >= 0.6 is 11.3 Å². The van der Waals surface area contributed by atoms with Crippen molar-refractivity contribution in [2.45, 2.75) is 31.7 Å². The van der Waals surface area contributed by atoms with E-state index in [4.69, 9.17) is 0 Å². The Hall–Kier alpha value is -2.37. The fourth-order valence-electron chi connectivity index (χ4n) is 2.70. The quantitative estimate of drug-likeness (QED) is 0.623. The second kappa shape index (κ2) is 6.74. The van der Waals surface area contributed by atoms with Crippen LogP contribution in [0.5, 0.6) is 0 Å². The van der Waals surface area contributed by atoms with Crippen LogP contribution in [0.4, 0.5) is 10.8 Å². The number of amides is 1. The number of benzene rings is 1. The summed E-state index contributed by atoms with van der Waals surface area (Å²) in [4.78, 5) is 26.5. The summed E-state index contributed by atoms with van der Waals surface area (Å²) < 4.78 is 27.3. The van der Waals surface area contributed by atoms with Crippen LogP contribution in [0.2, 0.25) is 0 Å². The lowest BCUT2D eigenvalue weighted by Crippen LogP contribution is -2.35. The minimum absolute atomic E-state index is 0.0678. The molecule has 0 atom stereocenters. The number of carbonyl (C=O) groups excluding carboxylic acids is 1. The number of nitrogens with zero attached hydrogens (tertiary/aromatic N) is 3. The summed E-state index contributed by atoms with van der Waals surface area (Å²) in [5.41, 5.74) is 0.947. The van der Waals surface area contributed by atoms with E-state index in [1.165, 1.54) is 34.7 Å². The lowest BCUT2D eigenvalue weighted by atomic mass is 10.2. The number of aromatic nitrogens is 1. The Morgan fingerprint density at radius 1 is 1.42 bits per heavy atom. The van der Waals surface area contributed by atoms with Gasteiger partial charge in [0.25, 0.3) is 5.69 Å². The molecular weight excluding hydrogens is 380 g/mol. The number of hydrogen-bond acceptors (Lipinski definition) is 7. The van der Waals surface area contributed by atoms with Crippen LogP contribution in [-0.4, -0.2) is 35.1 Å². The number of fused-ring (bicyclic) bond motifs is 1. The highest BCUT2D eigenvalue weighted by molar-refractivity contribution is 7.89. The Labute approximate surface area is 153 Å². The van der Waals surface area contributed by atoms with E-state index >= 15 is 0 Å². The molecular formula is C15H16N4O5S2. The minimum atomic E-state index is -3.88. The number of sulfonamides is 1. The summed E-state index contributed by atoms with van der Waals surface area (Å²) in [7, 11) is -3.88. The number of carbonyl (C=O) groups is 1. The predicted molar refractivity (Wildman–Crippen MR) is 95.6 cm³/mol. The zero-order valence-electron chi connectivity index (χ0n) is 14.1. The Kier molecular flexibility index (Phi) is 4.78. The molecule has 0 aliphatic carbocycles. The Morgan fingerprint density at radius 3 is 2.81 bits per heavy atom. The van der Waals surface area contributed by atoms with Gasteiger partial charge < -0.3 is 5.32 Å². The van der Waals surface area contributed by atoms with Gasteiger partial charge in [-0.3, -0.25) is 14.9 Å². The molecule has 1 aliphatic rings. The average Bonchev–Trinajstić information content (AvgIpc) is 2.95. The van der Waals surface area contributed by atoms with Gasteiger partial charge in [-0.05, 0) is 12.5 Å². The molecule has 0 spiro atoms. The Bertz CT molecular complexity index is 999. The molecule has 138 valence electrons. The van der Waals surface area contributed by atoms with Crippen molar-refractivity contribution in [1.82, 2.24) is 9.29 Å². The number of nitro groups is 1. The largest absolute Gasteiger partial charge is 0.302 e. The van der Waals surface area contributed by atoms with Gasteiger partial charge in [-0.2, -0.15) is 4.31 Å². The van der Waals surface area contributed by atoms with Gasteiger partial charge >= 0.3 is 0 Å². The number of aryl methyl sites for hydroxylation is 1. The first-order valence-electron chi connectivity index (χ1n) is 7.70. The fourth-order valence-corrected chi connectivity index (χ4v) is 5.51. The number of non-ortho nitro benzene ring substituents is 1. The molecule has 2 aromatic rings. The van der Waals surface area contributed by atoms with Crippen LogP contribution in [0.15, 0.2) is 23.1 Å². The monoisotopic (exact) mass is 396 g/mol. The van der Waals surface area contributed by atoms with Crippen molar-refractivity contribution in [3.63, 3.8) is 0 Å². The summed E-state index contributed by atoms with van der Waals surface area (Å²) in [6.45, 7) is 3.33. The second-order valence-corrected chi connectivity index (χ2v) is 8.86. The maximum atomic E-state index is 13.0. The molecule has 0 radical (unpaired) electrons. The number of anilines is 1. The molecule has 2 heterocycles. The molecule has 3 rings (SSSR count). The summed E-state index contributed by atoms with van der Waals surface area (Å²) in [6, 6.07) is 3.81. The summed E-state index contributed by atoms with van der Waals surface area (Å²) >= 11 is 1.23. The molecule has 1 amide bonds.